The molecular weight excluding hydrogens is 348 g/mol. The number of imide groups is 1. The summed E-state index contributed by atoms with van der Waals surface area (Å²) in [5.74, 6) is -1.20. The van der Waals surface area contributed by atoms with Crippen LogP contribution in [0.1, 0.15) is 36.0 Å². The van der Waals surface area contributed by atoms with Crippen LogP contribution in [0.5, 0.6) is 0 Å². The summed E-state index contributed by atoms with van der Waals surface area (Å²) >= 11 is 0. The molecule has 1 saturated heterocycles. The van der Waals surface area contributed by atoms with E-state index in [1.165, 1.54) is 24.3 Å². The molecule has 1 saturated carbocycles. The van der Waals surface area contributed by atoms with Crippen LogP contribution in [-0.2, 0) is 14.8 Å². The standard InChI is InChI=1S/C15H18N4O5S/c20-13-9-19(15(22)16-13)17-14(21)10-4-3-7-12(8-10)25(23,24)18-11-5-1-2-6-11/h3-4,7-8,11,18H,1-2,5-6,9H2,(H,17,21)(H,16,20,22). The number of nitrogens with one attached hydrogen (secondary N) is 3. The van der Waals surface area contributed by atoms with Gasteiger partial charge >= 0.3 is 6.03 Å². The summed E-state index contributed by atoms with van der Waals surface area (Å²) in [6.45, 7) is -0.286. The van der Waals surface area contributed by atoms with Crippen LogP contribution in [0, 0.1) is 0 Å². The van der Waals surface area contributed by atoms with Crippen LogP contribution in [0.4, 0.5) is 4.79 Å². The maximum atomic E-state index is 12.4. The molecule has 0 atom stereocenters. The maximum absolute atomic E-state index is 12.4. The molecule has 0 aromatic heterocycles. The smallest absolute Gasteiger partial charge is 0.275 e. The normalized spacial score (nSPS) is 18.5. The van der Waals surface area contributed by atoms with Crippen LogP contribution in [-0.4, -0.2) is 43.9 Å². The second-order valence-electron chi connectivity index (χ2n) is 6.01. The molecule has 3 rings (SSSR count). The minimum atomic E-state index is -3.72. The van der Waals surface area contributed by atoms with E-state index in [4.69, 9.17) is 0 Å². The highest BCUT2D eigenvalue weighted by Crippen LogP contribution is 2.20. The number of hydrogen-bond donors (Lipinski definition) is 3. The van der Waals surface area contributed by atoms with Gasteiger partial charge in [-0.1, -0.05) is 18.9 Å². The first kappa shape index (κ1) is 17.4. The average Bonchev–Trinajstić information content (AvgIpc) is 3.17. The molecule has 1 aromatic carbocycles. The van der Waals surface area contributed by atoms with Gasteiger partial charge < -0.3 is 0 Å². The zero-order chi connectivity index (χ0) is 18.0. The first-order valence-electron chi connectivity index (χ1n) is 7.90. The third-order valence-corrected chi connectivity index (χ3v) is 5.63. The van der Waals surface area contributed by atoms with Crippen molar-refractivity contribution in [2.45, 2.75) is 36.6 Å². The van der Waals surface area contributed by atoms with E-state index in [2.05, 4.69) is 10.1 Å². The third-order valence-electron chi connectivity index (χ3n) is 4.11. The minimum Gasteiger partial charge on any atom is -0.275 e. The third kappa shape index (κ3) is 3.97. The Morgan fingerprint density at radius 2 is 1.92 bits per heavy atom. The minimum absolute atomic E-state index is 0.0194. The van der Waals surface area contributed by atoms with Crippen LogP contribution < -0.4 is 15.5 Å². The van der Waals surface area contributed by atoms with E-state index in [-0.39, 0.29) is 23.0 Å². The van der Waals surface area contributed by atoms with Gasteiger partial charge in [0.15, 0.2) is 0 Å². The number of carbonyl (C=O) groups excluding carboxylic acids is 3. The Morgan fingerprint density at radius 3 is 2.56 bits per heavy atom. The van der Waals surface area contributed by atoms with E-state index in [9.17, 15) is 22.8 Å². The molecule has 3 N–H and O–H groups in total. The second-order valence-corrected chi connectivity index (χ2v) is 7.72. The molecule has 0 radical (unpaired) electrons. The van der Waals surface area contributed by atoms with Crippen molar-refractivity contribution in [3.63, 3.8) is 0 Å². The summed E-state index contributed by atoms with van der Waals surface area (Å²) in [6.07, 6.45) is 3.59. The summed E-state index contributed by atoms with van der Waals surface area (Å²) in [6, 6.07) is 4.71. The summed E-state index contributed by atoms with van der Waals surface area (Å²) < 4.78 is 27.5. The fourth-order valence-corrected chi connectivity index (χ4v) is 4.21. The van der Waals surface area contributed by atoms with Crippen LogP contribution in [0.2, 0.25) is 0 Å². The Bertz CT molecular complexity index is 817. The number of amides is 4. The summed E-state index contributed by atoms with van der Waals surface area (Å²) in [7, 11) is -3.72. The van der Waals surface area contributed by atoms with Crippen molar-refractivity contribution >= 4 is 27.9 Å². The number of rotatable bonds is 5. The Balaban J connectivity index is 1.73. The summed E-state index contributed by atoms with van der Waals surface area (Å²) in [5.41, 5.74) is 2.34. The molecule has 9 nitrogen and oxygen atoms in total. The van der Waals surface area contributed by atoms with Crippen LogP contribution in [0.3, 0.4) is 0 Å². The van der Waals surface area contributed by atoms with Crippen molar-refractivity contribution in [3.05, 3.63) is 29.8 Å². The zero-order valence-corrected chi connectivity index (χ0v) is 14.1. The van der Waals surface area contributed by atoms with Gasteiger partial charge in [0.2, 0.25) is 15.9 Å². The fourth-order valence-electron chi connectivity index (χ4n) is 2.85. The number of urea groups is 1. The van der Waals surface area contributed by atoms with Gasteiger partial charge in [-0.05, 0) is 31.0 Å². The van der Waals surface area contributed by atoms with Gasteiger partial charge in [0.25, 0.3) is 5.91 Å². The van der Waals surface area contributed by atoms with Crippen molar-refractivity contribution in [3.8, 4) is 0 Å². The Morgan fingerprint density at radius 1 is 1.20 bits per heavy atom. The molecule has 1 aliphatic carbocycles. The van der Waals surface area contributed by atoms with E-state index >= 15 is 0 Å². The molecule has 2 fully saturated rings. The van der Waals surface area contributed by atoms with Crippen molar-refractivity contribution in [1.82, 2.24) is 20.5 Å². The van der Waals surface area contributed by atoms with Crippen molar-refractivity contribution in [2.24, 2.45) is 0 Å². The van der Waals surface area contributed by atoms with Crippen molar-refractivity contribution in [1.29, 1.82) is 0 Å². The Labute approximate surface area is 144 Å². The van der Waals surface area contributed by atoms with Crippen molar-refractivity contribution in [2.75, 3.05) is 6.54 Å². The molecule has 4 amide bonds. The monoisotopic (exact) mass is 366 g/mol. The Kier molecular flexibility index (Phi) is 4.73. The van der Waals surface area contributed by atoms with Gasteiger partial charge in [0.1, 0.15) is 6.54 Å². The van der Waals surface area contributed by atoms with Gasteiger partial charge in [0.05, 0.1) is 4.90 Å². The maximum Gasteiger partial charge on any atom is 0.343 e. The van der Waals surface area contributed by atoms with E-state index in [0.717, 1.165) is 30.7 Å². The van der Waals surface area contributed by atoms with Gasteiger partial charge in [-0.3, -0.25) is 20.3 Å². The first-order valence-corrected chi connectivity index (χ1v) is 9.38. The van der Waals surface area contributed by atoms with E-state index in [0.29, 0.717) is 0 Å². The summed E-state index contributed by atoms with van der Waals surface area (Å²) in [5, 5.41) is 2.86. The first-order chi connectivity index (χ1) is 11.8. The lowest BCUT2D eigenvalue weighted by molar-refractivity contribution is -0.118. The molecule has 1 heterocycles. The van der Waals surface area contributed by atoms with Crippen LogP contribution >= 0.6 is 0 Å². The topological polar surface area (TPSA) is 125 Å². The molecule has 1 aromatic rings. The summed E-state index contributed by atoms with van der Waals surface area (Å²) in [4.78, 5) is 34.8. The van der Waals surface area contributed by atoms with Gasteiger partial charge in [0, 0.05) is 11.6 Å². The number of hydrazine groups is 1. The largest absolute Gasteiger partial charge is 0.343 e. The molecule has 0 unspecified atom stereocenters. The fraction of sp³-hybridized carbons (Fsp3) is 0.400. The molecule has 134 valence electrons. The zero-order valence-electron chi connectivity index (χ0n) is 13.3. The van der Waals surface area contributed by atoms with Gasteiger partial charge in [-0.2, -0.15) is 0 Å². The second kappa shape index (κ2) is 6.81. The molecule has 25 heavy (non-hydrogen) atoms. The number of benzene rings is 1. The predicted octanol–water partition coefficient (Wildman–Crippen LogP) is 0.104. The molecular formula is C15H18N4O5S. The molecule has 1 aliphatic heterocycles. The predicted molar refractivity (Wildman–Crippen MR) is 86.7 cm³/mol. The molecule has 10 heteroatoms. The van der Waals surface area contributed by atoms with Crippen LogP contribution in [0.25, 0.3) is 0 Å². The molecule has 0 bridgehead atoms. The van der Waals surface area contributed by atoms with Crippen LogP contribution in [0.15, 0.2) is 29.2 Å². The lowest BCUT2D eigenvalue weighted by Gasteiger charge is -2.15. The quantitative estimate of drug-likeness (QED) is 0.638. The lowest BCUT2D eigenvalue weighted by Crippen LogP contribution is -2.44. The van der Waals surface area contributed by atoms with Gasteiger partial charge in [-0.15, -0.1) is 0 Å². The highest BCUT2D eigenvalue weighted by atomic mass is 32.2. The van der Waals surface area contributed by atoms with Gasteiger partial charge in [-0.25, -0.2) is 22.9 Å². The average molecular weight is 366 g/mol. The number of nitrogens with zero attached hydrogens (tertiary/aromatic N) is 1. The van der Waals surface area contributed by atoms with Crippen molar-refractivity contribution < 1.29 is 22.8 Å². The number of carbonyl (C=O) groups is 3. The van der Waals surface area contributed by atoms with E-state index in [1.807, 2.05) is 5.32 Å². The molecule has 2 aliphatic rings. The Hall–Kier alpha value is -2.46. The highest BCUT2D eigenvalue weighted by molar-refractivity contribution is 7.89. The lowest BCUT2D eigenvalue weighted by atomic mass is 10.2. The van der Waals surface area contributed by atoms with E-state index < -0.39 is 27.9 Å². The van der Waals surface area contributed by atoms with E-state index in [1.54, 1.807) is 0 Å². The highest BCUT2D eigenvalue weighted by Gasteiger charge is 2.29. The molecule has 0 spiro atoms. The SMILES string of the molecule is O=C1CN(NC(=O)c2cccc(S(=O)(=O)NC3CCCC3)c2)C(=O)N1. The number of sulfonamides is 1. The number of hydrogen-bond acceptors (Lipinski definition) is 5.